The third kappa shape index (κ3) is 4.99. The number of hydroxylamine groups is 3. The standard InChI is InChI=1S/C40H52N4O5/c1-4-40(48)18-16-30-28-13-12-27-24-35(45)34(25-38(27,2)29(28)15-17-39(30,40)3)44(49)22-20-42(21-23-44)37(47)33-10-7-19-43(33)36(46)32-14-11-26-8-5-6-9-31(26)41-32/h1,5-6,8-9,11,14,27-30,33-35,45,48H,7,10,12-13,15-25H2,2-3H3/t27-,28+,29-,30-,33-,34-,35-,38-,39-,40-/m0/s1. The molecule has 10 atom stereocenters. The number of para-hydroxylation sites is 1. The lowest BCUT2D eigenvalue weighted by Crippen LogP contribution is -2.69. The number of likely N-dealkylation sites (tertiary alicyclic amines) is 1. The van der Waals surface area contributed by atoms with Crippen LogP contribution in [-0.4, -0.2) is 98.0 Å². The van der Waals surface area contributed by atoms with E-state index in [-0.39, 0.29) is 35.7 Å². The minimum Gasteiger partial charge on any atom is -0.632 e. The van der Waals surface area contributed by atoms with Crippen LogP contribution in [0, 0.1) is 52.1 Å². The summed E-state index contributed by atoms with van der Waals surface area (Å²) in [5.41, 5.74) is -0.252. The third-order valence-electron chi connectivity index (χ3n) is 15.1. The van der Waals surface area contributed by atoms with Crippen LogP contribution in [0.3, 0.4) is 0 Å². The van der Waals surface area contributed by atoms with Gasteiger partial charge in [0.2, 0.25) is 5.91 Å². The number of aliphatic hydroxyl groups is 2. The number of carbonyl (C=O) groups is 2. The molecule has 2 N–H and O–H groups in total. The second-order valence-corrected chi connectivity index (χ2v) is 17.0. The Kier molecular flexibility index (Phi) is 7.95. The highest BCUT2D eigenvalue weighted by Gasteiger charge is 2.65. The number of fused-ring (bicyclic) bond motifs is 6. The molecule has 6 aliphatic rings. The maximum Gasteiger partial charge on any atom is 0.273 e. The smallest absolute Gasteiger partial charge is 0.273 e. The van der Waals surface area contributed by atoms with Gasteiger partial charge >= 0.3 is 0 Å². The van der Waals surface area contributed by atoms with E-state index in [0.29, 0.717) is 74.7 Å². The number of piperazine rings is 1. The minimum absolute atomic E-state index is 0.0465. The molecule has 2 aromatic rings. The van der Waals surface area contributed by atoms with Crippen LogP contribution >= 0.6 is 0 Å². The Bertz CT molecular complexity index is 1680. The van der Waals surface area contributed by atoms with E-state index in [4.69, 9.17) is 6.42 Å². The van der Waals surface area contributed by atoms with Crippen molar-refractivity contribution in [3.63, 3.8) is 0 Å². The number of benzene rings is 1. The molecule has 2 aliphatic heterocycles. The summed E-state index contributed by atoms with van der Waals surface area (Å²) in [7, 11) is 0. The van der Waals surface area contributed by atoms with E-state index in [0.717, 1.165) is 49.4 Å². The molecule has 4 aliphatic carbocycles. The number of hydrogen-bond acceptors (Lipinski definition) is 6. The first-order valence-corrected chi connectivity index (χ1v) is 18.8. The van der Waals surface area contributed by atoms with Gasteiger partial charge in [-0.15, -0.1) is 6.42 Å². The average molecular weight is 669 g/mol. The fraction of sp³-hybridized carbons (Fsp3) is 0.675. The lowest BCUT2D eigenvalue weighted by Gasteiger charge is -2.64. The number of aromatic nitrogens is 1. The number of nitrogens with zero attached hydrogens (tertiary/aromatic N) is 4. The number of hydrogen-bond donors (Lipinski definition) is 2. The molecule has 3 heterocycles. The van der Waals surface area contributed by atoms with Crippen molar-refractivity contribution in [2.45, 2.75) is 102 Å². The van der Waals surface area contributed by atoms with Crippen molar-refractivity contribution >= 4 is 22.7 Å². The summed E-state index contributed by atoms with van der Waals surface area (Å²) in [6, 6.07) is 10.4. The van der Waals surface area contributed by atoms with Crippen LogP contribution in [0.5, 0.6) is 0 Å². The van der Waals surface area contributed by atoms with Crippen LogP contribution in [0.2, 0.25) is 0 Å². The van der Waals surface area contributed by atoms with Crippen LogP contribution in [0.1, 0.15) is 88.5 Å². The van der Waals surface area contributed by atoms with Gasteiger partial charge in [-0.25, -0.2) is 4.98 Å². The van der Waals surface area contributed by atoms with E-state index in [1.165, 1.54) is 0 Å². The molecule has 6 fully saturated rings. The SMILES string of the molecule is C#C[C@]1(O)CC[C@H]2[C@@H]3CC[C@H]4C[C@H](O)[C@@H]([N+]5([O-])CCN(C(=O)[C@@H]6CCCN6C(=O)c6ccc7ccccc7n6)CC5)C[C@]4(C)[C@H]3CC[C@@]21C. The van der Waals surface area contributed by atoms with Crippen molar-refractivity contribution in [1.82, 2.24) is 14.8 Å². The van der Waals surface area contributed by atoms with Gasteiger partial charge in [-0.1, -0.05) is 44.0 Å². The number of aliphatic hydroxyl groups excluding tert-OH is 1. The van der Waals surface area contributed by atoms with E-state index in [9.17, 15) is 25.0 Å². The largest absolute Gasteiger partial charge is 0.632 e. The van der Waals surface area contributed by atoms with Crippen molar-refractivity contribution < 1.29 is 24.4 Å². The van der Waals surface area contributed by atoms with Gasteiger partial charge in [0.1, 0.15) is 29.5 Å². The normalized spacial score (nSPS) is 41.4. The Hall–Kier alpha value is -3.03. The molecule has 49 heavy (non-hydrogen) atoms. The van der Waals surface area contributed by atoms with E-state index in [2.05, 4.69) is 24.8 Å². The fourth-order valence-corrected chi connectivity index (χ4v) is 12.2. The molecular weight excluding hydrogens is 616 g/mol. The second kappa shape index (κ2) is 11.8. The molecule has 262 valence electrons. The van der Waals surface area contributed by atoms with Crippen molar-refractivity contribution in [3.8, 4) is 12.3 Å². The van der Waals surface area contributed by atoms with E-state index < -0.39 is 28.4 Å². The van der Waals surface area contributed by atoms with Crippen LogP contribution < -0.4 is 0 Å². The molecule has 0 spiro atoms. The summed E-state index contributed by atoms with van der Waals surface area (Å²) in [6.07, 6.45) is 13.7. The molecule has 2 amide bonds. The van der Waals surface area contributed by atoms with Gasteiger partial charge in [0, 0.05) is 23.8 Å². The second-order valence-electron chi connectivity index (χ2n) is 17.0. The first kappa shape index (κ1) is 33.1. The van der Waals surface area contributed by atoms with Gasteiger partial charge in [0.15, 0.2) is 0 Å². The Labute approximate surface area is 290 Å². The van der Waals surface area contributed by atoms with Gasteiger partial charge in [-0.2, -0.15) is 0 Å². The molecule has 1 aromatic heterocycles. The maximum absolute atomic E-state index is 14.7. The third-order valence-corrected chi connectivity index (χ3v) is 15.1. The number of terminal acetylenes is 1. The minimum atomic E-state index is -1.04. The predicted octanol–water partition coefficient (Wildman–Crippen LogP) is 4.74. The molecule has 1 aromatic carbocycles. The number of pyridine rings is 1. The zero-order valence-electron chi connectivity index (χ0n) is 29.1. The summed E-state index contributed by atoms with van der Waals surface area (Å²) < 4.78 is -0.461. The van der Waals surface area contributed by atoms with Crippen LogP contribution in [-0.2, 0) is 4.79 Å². The first-order valence-electron chi connectivity index (χ1n) is 18.8. The van der Waals surface area contributed by atoms with E-state index >= 15 is 0 Å². The van der Waals surface area contributed by atoms with Crippen molar-refractivity contribution in [2.75, 3.05) is 32.7 Å². The summed E-state index contributed by atoms with van der Waals surface area (Å²) in [6.45, 7) is 6.28. The number of quaternary nitrogens is 1. The summed E-state index contributed by atoms with van der Waals surface area (Å²) in [4.78, 5) is 35.6. The molecule has 2 saturated heterocycles. The summed E-state index contributed by atoms with van der Waals surface area (Å²) in [5.74, 6) is 4.18. The van der Waals surface area contributed by atoms with Crippen LogP contribution in [0.4, 0.5) is 0 Å². The Morgan fingerprint density at radius 3 is 2.53 bits per heavy atom. The number of rotatable bonds is 3. The summed E-state index contributed by atoms with van der Waals surface area (Å²) >= 11 is 0. The molecule has 4 saturated carbocycles. The Balaban J connectivity index is 0.947. The monoisotopic (exact) mass is 668 g/mol. The highest BCUT2D eigenvalue weighted by Crippen LogP contribution is 2.68. The number of amides is 2. The lowest BCUT2D eigenvalue weighted by atomic mass is 9.44. The van der Waals surface area contributed by atoms with Gasteiger partial charge in [-0.3, -0.25) is 9.59 Å². The van der Waals surface area contributed by atoms with Crippen molar-refractivity contribution in [3.05, 3.63) is 47.3 Å². The maximum atomic E-state index is 14.7. The predicted molar refractivity (Wildman–Crippen MR) is 186 cm³/mol. The number of carbonyl (C=O) groups excluding carboxylic acids is 2. The Morgan fingerprint density at radius 1 is 1.00 bits per heavy atom. The fourth-order valence-electron chi connectivity index (χ4n) is 12.2. The Morgan fingerprint density at radius 2 is 1.76 bits per heavy atom. The van der Waals surface area contributed by atoms with Gasteiger partial charge in [0.25, 0.3) is 5.91 Å². The highest BCUT2D eigenvalue weighted by atomic mass is 16.6. The zero-order chi connectivity index (χ0) is 34.3. The molecule has 0 bridgehead atoms. The van der Waals surface area contributed by atoms with E-state index in [1.807, 2.05) is 30.3 Å². The highest BCUT2D eigenvalue weighted by molar-refractivity contribution is 5.98. The van der Waals surface area contributed by atoms with Gasteiger partial charge in [0.05, 0.1) is 31.7 Å². The topological polar surface area (TPSA) is 117 Å². The van der Waals surface area contributed by atoms with Gasteiger partial charge in [-0.05, 0) is 99.0 Å². The molecule has 0 unspecified atom stereocenters. The molecular formula is C40H52N4O5. The van der Waals surface area contributed by atoms with Crippen molar-refractivity contribution in [1.29, 1.82) is 0 Å². The summed E-state index contributed by atoms with van der Waals surface area (Å²) in [5, 5.41) is 38.6. The lowest BCUT2D eigenvalue weighted by molar-refractivity contribution is -0.915. The molecule has 0 radical (unpaired) electrons. The van der Waals surface area contributed by atoms with Crippen LogP contribution in [0.15, 0.2) is 36.4 Å². The first-order chi connectivity index (χ1) is 23.4. The molecule has 8 rings (SSSR count). The quantitative estimate of drug-likeness (QED) is 0.277. The average Bonchev–Trinajstić information content (AvgIpc) is 3.70. The van der Waals surface area contributed by atoms with Gasteiger partial charge < -0.3 is 29.9 Å². The van der Waals surface area contributed by atoms with E-state index in [1.54, 1.807) is 15.9 Å². The zero-order valence-corrected chi connectivity index (χ0v) is 29.1. The van der Waals surface area contributed by atoms with Crippen molar-refractivity contribution in [2.24, 2.45) is 34.5 Å². The molecule has 9 nitrogen and oxygen atoms in total. The van der Waals surface area contributed by atoms with Crippen LogP contribution in [0.25, 0.3) is 10.9 Å². The molecule has 9 heteroatoms.